The Morgan fingerprint density at radius 3 is 2.57 bits per heavy atom. The highest BCUT2D eigenvalue weighted by Gasteiger charge is 2.12. The Labute approximate surface area is 143 Å². The molecule has 0 aliphatic carbocycles. The standard InChI is InChI=1S/C16H14Cl2N2O3/c1-10-4-2-3-5-14(10)20-15(21)9-23-16-12(17)6-11(8-19-22)7-13(16)18/h2-8,22H,9H2,1H3,(H,20,21)/b19-8+. The van der Waals surface area contributed by atoms with E-state index in [9.17, 15) is 4.79 Å². The summed E-state index contributed by atoms with van der Waals surface area (Å²) in [5.74, 6) is -0.129. The maximum Gasteiger partial charge on any atom is 0.262 e. The first-order valence-corrected chi connectivity index (χ1v) is 7.41. The molecule has 7 heteroatoms. The number of nitrogens with one attached hydrogen (secondary N) is 1. The first-order chi connectivity index (χ1) is 11.0. The zero-order valence-corrected chi connectivity index (χ0v) is 13.7. The molecule has 0 atom stereocenters. The van der Waals surface area contributed by atoms with Crippen molar-refractivity contribution in [2.45, 2.75) is 6.92 Å². The topological polar surface area (TPSA) is 70.9 Å². The SMILES string of the molecule is Cc1ccccc1NC(=O)COc1c(Cl)cc(/C=N/O)cc1Cl. The summed E-state index contributed by atoms with van der Waals surface area (Å²) in [6.07, 6.45) is 1.19. The third-order valence-electron chi connectivity index (χ3n) is 2.99. The minimum absolute atomic E-state index is 0.198. The summed E-state index contributed by atoms with van der Waals surface area (Å²) >= 11 is 12.1. The summed E-state index contributed by atoms with van der Waals surface area (Å²) in [4.78, 5) is 12.0. The van der Waals surface area contributed by atoms with Gasteiger partial charge in [0.15, 0.2) is 12.4 Å². The second kappa shape index (κ2) is 7.85. The van der Waals surface area contributed by atoms with Crippen molar-refractivity contribution >= 4 is 41.0 Å². The number of carbonyl (C=O) groups is 1. The van der Waals surface area contributed by atoms with Gasteiger partial charge in [-0.25, -0.2) is 0 Å². The maximum absolute atomic E-state index is 12.0. The molecule has 23 heavy (non-hydrogen) atoms. The minimum atomic E-state index is -0.326. The first kappa shape index (κ1) is 17.1. The summed E-state index contributed by atoms with van der Waals surface area (Å²) in [6, 6.07) is 10.4. The van der Waals surface area contributed by atoms with Crippen LogP contribution < -0.4 is 10.1 Å². The lowest BCUT2D eigenvalue weighted by atomic mass is 10.2. The molecular formula is C16H14Cl2N2O3. The second-order valence-corrected chi connectivity index (χ2v) is 5.52. The van der Waals surface area contributed by atoms with Crippen molar-refractivity contribution in [3.63, 3.8) is 0 Å². The Hall–Kier alpha value is -2.24. The highest BCUT2D eigenvalue weighted by molar-refractivity contribution is 6.37. The lowest BCUT2D eigenvalue weighted by Gasteiger charge is -2.12. The Morgan fingerprint density at radius 2 is 1.96 bits per heavy atom. The van der Waals surface area contributed by atoms with Gasteiger partial charge >= 0.3 is 0 Å². The van der Waals surface area contributed by atoms with Crippen molar-refractivity contribution in [3.05, 3.63) is 57.6 Å². The van der Waals surface area contributed by atoms with Gasteiger partial charge < -0.3 is 15.3 Å². The van der Waals surface area contributed by atoms with Gasteiger partial charge in [-0.15, -0.1) is 0 Å². The average Bonchev–Trinajstić information content (AvgIpc) is 2.49. The molecule has 0 fully saturated rings. The lowest BCUT2D eigenvalue weighted by Crippen LogP contribution is -2.20. The summed E-state index contributed by atoms with van der Waals surface area (Å²) < 4.78 is 5.39. The van der Waals surface area contributed by atoms with Crippen LogP contribution in [0, 0.1) is 6.92 Å². The number of rotatable bonds is 5. The van der Waals surface area contributed by atoms with Crippen molar-refractivity contribution in [2.24, 2.45) is 5.16 Å². The van der Waals surface area contributed by atoms with Gasteiger partial charge in [0.2, 0.25) is 0 Å². The molecule has 0 heterocycles. The van der Waals surface area contributed by atoms with Gasteiger partial charge in [0, 0.05) is 5.69 Å². The quantitative estimate of drug-likeness (QED) is 0.482. The van der Waals surface area contributed by atoms with Crippen molar-refractivity contribution in [3.8, 4) is 5.75 Å². The van der Waals surface area contributed by atoms with E-state index in [1.54, 1.807) is 6.07 Å². The van der Waals surface area contributed by atoms with E-state index in [0.29, 0.717) is 11.3 Å². The number of hydrogen-bond donors (Lipinski definition) is 2. The van der Waals surface area contributed by atoms with E-state index in [4.69, 9.17) is 33.1 Å². The molecule has 2 N–H and O–H groups in total. The number of ether oxygens (including phenoxy) is 1. The minimum Gasteiger partial charge on any atom is -0.481 e. The van der Waals surface area contributed by atoms with Gasteiger partial charge in [0.1, 0.15) is 0 Å². The van der Waals surface area contributed by atoms with Crippen molar-refractivity contribution in [1.29, 1.82) is 0 Å². The van der Waals surface area contributed by atoms with Crippen LogP contribution in [0.15, 0.2) is 41.6 Å². The highest BCUT2D eigenvalue weighted by Crippen LogP contribution is 2.33. The van der Waals surface area contributed by atoms with E-state index in [-0.39, 0.29) is 28.3 Å². The van der Waals surface area contributed by atoms with Gasteiger partial charge in [0.25, 0.3) is 5.91 Å². The van der Waals surface area contributed by atoms with Gasteiger partial charge in [-0.2, -0.15) is 0 Å². The van der Waals surface area contributed by atoms with Crippen LogP contribution in [0.5, 0.6) is 5.75 Å². The average molecular weight is 353 g/mol. The molecule has 1 amide bonds. The number of para-hydroxylation sites is 1. The van der Waals surface area contributed by atoms with Crippen molar-refractivity contribution in [2.75, 3.05) is 11.9 Å². The fourth-order valence-corrected chi connectivity index (χ4v) is 2.51. The molecule has 5 nitrogen and oxygen atoms in total. The number of nitrogens with zero attached hydrogens (tertiary/aromatic N) is 1. The number of benzene rings is 2. The second-order valence-electron chi connectivity index (χ2n) is 4.71. The molecule has 0 aliphatic heterocycles. The Morgan fingerprint density at radius 1 is 1.30 bits per heavy atom. The largest absolute Gasteiger partial charge is 0.481 e. The fourth-order valence-electron chi connectivity index (χ4n) is 1.90. The summed E-state index contributed by atoms with van der Waals surface area (Å²) in [6.45, 7) is 1.66. The zero-order chi connectivity index (χ0) is 16.8. The molecule has 0 aliphatic rings. The number of amides is 1. The van der Waals surface area contributed by atoms with Crippen LogP contribution >= 0.6 is 23.2 Å². The summed E-state index contributed by atoms with van der Waals surface area (Å²) in [5, 5.41) is 14.6. The molecule has 0 saturated carbocycles. The van der Waals surface area contributed by atoms with Crippen LogP contribution in [0.3, 0.4) is 0 Å². The molecule has 2 aromatic carbocycles. The van der Waals surface area contributed by atoms with Gasteiger partial charge in [-0.05, 0) is 36.2 Å². The molecule has 120 valence electrons. The smallest absolute Gasteiger partial charge is 0.262 e. The fraction of sp³-hybridized carbons (Fsp3) is 0.125. The first-order valence-electron chi connectivity index (χ1n) is 6.66. The van der Waals surface area contributed by atoms with E-state index >= 15 is 0 Å². The van der Waals surface area contributed by atoms with Crippen LogP contribution in [-0.4, -0.2) is 23.9 Å². The number of halogens is 2. The van der Waals surface area contributed by atoms with Crippen LogP contribution in [0.2, 0.25) is 10.0 Å². The maximum atomic E-state index is 12.0. The molecule has 2 aromatic rings. The molecule has 0 spiro atoms. The highest BCUT2D eigenvalue weighted by atomic mass is 35.5. The summed E-state index contributed by atoms with van der Waals surface area (Å²) in [7, 11) is 0. The van der Waals surface area contributed by atoms with E-state index in [1.807, 2.05) is 25.1 Å². The Balaban J connectivity index is 2.03. The molecule has 0 saturated heterocycles. The molecule has 0 unspecified atom stereocenters. The van der Waals surface area contributed by atoms with Crippen LogP contribution in [0.4, 0.5) is 5.69 Å². The number of oxime groups is 1. The Kier molecular flexibility index (Phi) is 5.84. The van der Waals surface area contributed by atoms with E-state index in [1.165, 1.54) is 18.3 Å². The molecule has 0 radical (unpaired) electrons. The molecule has 0 aromatic heterocycles. The van der Waals surface area contributed by atoms with E-state index in [0.717, 1.165) is 5.56 Å². The third-order valence-corrected chi connectivity index (χ3v) is 3.56. The van der Waals surface area contributed by atoms with E-state index in [2.05, 4.69) is 10.5 Å². The Bertz CT molecular complexity index is 725. The molecule has 2 rings (SSSR count). The van der Waals surface area contributed by atoms with Gasteiger partial charge in [-0.3, -0.25) is 4.79 Å². The number of anilines is 1. The van der Waals surface area contributed by atoms with Crippen molar-refractivity contribution < 1.29 is 14.7 Å². The number of aryl methyl sites for hydroxylation is 1. The molecule has 0 bridgehead atoms. The third kappa shape index (κ3) is 4.61. The normalized spacial score (nSPS) is 10.7. The van der Waals surface area contributed by atoms with Crippen LogP contribution in [0.1, 0.15) is 11.1 Å². The molecular weight excluding hydrogens is 339 g/mol. The number of carbonyl (C=O) groups excluding carboxylic acids is 1. The van der Waals surface area contributed by atoms with Gasteiger partial charge in [0.05, 0.1) is 16.3 Å². The predicted molar refractivity (Wildman–Crippen MR) is 91.1 cm³/mol. The number of hydrogen-bond acceptors (Lipinski definition) is 4. The van der Waals surface area contributed by atoms with Gasteiger partial charge in [-0.1, -0.05) is 46.6 Å². The zero-order valence-electron chi connectivity index (χ0n) is 12.2. The van der Waals surface area contributed by atoms with Crippen LogP contribution in [0.25, 0.3) is 0 Å². The predicted octanol–water partition coefficient (Wildman–Crippen LogP) is 4.13. The monoisotopic (exact) mass is 352 g/mol. The van der Waals surface area contributed by atoms with E-state index < -0.39 is 0 Å². The van der Waals surface area contributed by atoms with Crippen molar-refractivity contribution in [1.82, 2.24) is 0 Å². The lowest BCUT2D eigenvalue weighted by molar-refractivity contribution is -0.118. The van der Waals surface area contributed by atoms with Crippen LogP contribution in [-0.2, 0) is 4.79 Å². The summed E-state index contributed by atoms with van der Waals surface area (Å²) in [5.41, 5.74) is 2.18.